The van der Waals surface area contributed by atoms with E-state index in [2.05, 4.69) is 0 Å². The predicted octanol–water partition coefficient (Wildman–Crippen LogP) is 4.79. The van der Waals surface area contributed by atoms with Crippen LogP contribution in [0.15, 0.2) is 24.3 Å². The smallest absolute Gasteiger partial charge is 0.374 e. The zero-order chi connectivity index (χ0) is 14.9. The van der Waals surface area contributed by atoms with E-state index < -0.39 is 24.1 Å². The van der Waals surface area contributed by atoms with Crippen LogP contribution in [0, 0.1) is 0 Å². The van der Waals surface area contributed by atoms with Crippen molar-refractivity contribution in [2.24, 2.45) is 0 Å². The van der Waals surface area contributed by atoms with E-state index >= 15 is 0 Å². The van der Waals surface area contributed by atoms with Crippen LogP contribution in [-0.4, -0.2) is 19.2 Å². The van der Waals surface area contributed by atoms with Crippen molar-refractivity contribution in [1.29, 1.82) is 0 Å². The molecule has 0 radical (unpaired) electrons. The molecule has 1 aromatic carbocycles. The maximum absolute atomic E-state index is 13.2. The van der Waals surface area contributed by atoms with E-state index in [4.69, 9.17) is 16.3 Å². The van der Waals surface area contributed by atoms with Crippen molar-refractivity contribution < 1.29 is 26.7 Å². The molecular weight excluding hydrogens is 291 g/mol. The second kappa shape index (κ2) is 5.25. The Balaban J connectivity index is 3.17. The van der Waals surface area contributed by atoms with Gasteiger partial charge in [-0.1, -0.05) is 29.8 Å². The average Bonchev–Trinajstić information content (AvgIpc) is 2.27. The molecule has 0 aliphatic rings. The van der Waals surface area contributed by atoms with Crippen LogP contribution in [0.2, 0.25) is 5.02 Å². The lowest BCUT2D eigenvalue weighted by atomic mass is 9.89. The van der Waals surface area contributed by atoms with Crippen molar-refractivity contribution in [3.63, 3.8) is 0 Å². The van der Waals surface area contributed by atoms with Gasteiger partial charge in [-0.25, -0.2) is 0 Å². The van der Waals surface area contributed by atoms with Crippen LogP contribution in [0.3, 0.4) is 0 Å². The van der Waals surface area contributed by atoms with Crippen molar-refractivity contribution >= 4 is 11.6 Å². The first-order valence-electron chi connectivity index (χ1n) is 5.28. The highest BCUT2D eigenvalue weighted by atomic mass is 35.5. The van der Waals surface area contributed by atoms with Crippen LogP contribution >= 0.6 is 11.6 Å². The van der Waals surface area contributed by atoms with Gasteiger partial charge in [0.1, 0.15) is 0 Å². The van der Waals surface area contributed by atoms with E-state index in [1.807, 2.05) is 0 Å². The Morgan fingerprint density at radius 3 is 2.05 bits per heavy atom. The summed E-state index contributed by atoms with van der Waals surface area (Å²) in [6.45, 7) is 1.15. The van der Waals surface area contributed by atoms with Crippen molar-refractivity contribution in [2.75, 3.05) is 7.11 Å². The molecule has 1 rings (SSSR count). The zero-order valence-corrected chi connectivity index (χ0v) is 10.9. The average molecular weight is 303 g/mol. The van der Waals surface area contributed by atoms with Gasteiger partial charge in [0.15, 0.2) is 0 Å². The Labute approximate surface area is 112 Å². The van der Waals surface area contributed by atoms with Crippen LogP contribution in [-0.2, 0) is 10.3 Å². The summed E-state index contributed by atoms with van der Waals surface area (Å²) in [5, 5.41) is 0.0739. The molecule has 0 heterocycles. The van der Waals surface area contributed by atoms with E-state index in [-0.39, 0.29) is 10.6 Å². The molecule has 0 bridgehead atoms. The van der Waals surface area contributed by atoms with Crippen molar-refractivity contribution in [1.82, 2.24) is 0 Å². The molecular formula is C12H12ClF5O. The molecule has 1 nitrogen and oxygen atoms in total. The molecule has 7 heteroatoms. The summed E-state index contributed by atoms with van der Waals surface area (Å²) in [5.41, 5.74) is -1.75. The van der Waals surface area contributed by atoms with Gasteiger partial charge >= 0.3 is 12.1 Å². The number of hydrogen-bond donors (Lipinski definition) is 0. The maximum Gasteiger partial charge on any atom is 0.453 e. The third-order valence-corrected chi connectivity index (χ3v) is 3.20. The fourth-order valence-corrected chi connectivity index (χ4v) is 2.03. The topological polar surface area (TPSA) is 9.23 Å². The number of alkyl halides is 5. The van der Waals surface area contributed by atoms with Gasteiger partial charge in [0.05, 0.1) is 12.0 Å². The lowest BCUT2D eigenvalue weighted by molar-refractivity contribution is -0.298. The van der Waals surface area contributed by atoms with Crippen LogP contribution in [0.4, 0.5) is 22.0 Å². The number of hydrogen-bond acceptors (Lipinski definition) is 1. The molecule has 1 atom stereocenters. The minimum absolute atomic E-state index is 0.0739. The van der Waals surface area contributed by atoms with Gasteiger partial charge in [-0.3, -0.25) is 0 Å². The Hall–Kier alpha value is -0.880. The number of halogens is 6. The van der Waals surface area contributed by atoms with Gasteiger partial charge in [-0.15, -0.1) is 0 Å². The summed E-state index contributed by atoms with van der Waals surface area (Å²) in [6, 6.07) is 5.80. The van der Waals surface area contributed by atoms with Gasteiger partial charge < -0.3 is 4.74 Å². The molecule has 0 fully saturated rings. The monoisotopic (exact) mass is 302 g/mol. The Kier molecular flexibility index (Phi) is 4.47. The van der Waals surface area contributed by atoms with Gasteiger partial charge in [-0.2, -0.15) is 22.0 Å². The molecule has 1 unspecified atom stereocenters. The molecule has 0 aliphatic heterocycles. The molecule has 0 aliphatic carbocycles. The van der Waals surface area contributed by atoms with E-state index in [9.17, 15) is 22.0 Å². The zero-order valence-electron chi connectivity index (χ0n) is 10.2. The van der Waals surface area contributed by atoms with E-state index in [0.717, 1.165) is 14.0 Å². The molecule has 0 saturated carbocycles. The maximum atomic E-state index is 13.2. The second-order valence-corrected chi connectivity index (χ2v) is 4.70. The highest BCUT2D eigenvalue weighted by molar-refractivity contribution is 6.31. The standard InChI is InChI=1S/C12H12ClF5O/c1-10(19-2,7-11(14,15)12(16,17)18)8-5-3-4-6-9(8)13/h3-6H,7H2,1-2H3. The quantitative estimate of drug-likeness (QED) is 0.727. The molecule has 19 heavy (non-hydrogen) atoms. The summed E-state index contributed by atoms with van der Waals surface area (Å²) in [5.74, 6) is -4.86. The largest absolute Gasteiger partial charge is 0.453 e. The fraction of sp³-hybridized carbons (Fsp3) is 0.500. The van der Waals surface area contributed by atoms with Crippen LogP contribution in [0.25, 0.3) is 0 Å². The van der Waals surface area contributed by atoms with Gasteiger partial charge in [0.25, 0.3) is 0 Å². The lowest BCUT2D eigenvalue weighted by Gasteiger charge is -2.33. The number of rotatable bonds is 4. The highest BCUT2D eigenvalue weighted by Gasteiger charge is 2.60. The lowest BCUT2D eigenvalue weighted by Crippen LogP contribution is -2.43. The Bertz CT molecular complexity index is 446. The van der Waals surface area contributed by atoms with E-state index in [1.165, 1.54) is 18.2 Å². The molecule has 0 aromatic heterocycles. The number of methoxy groups -OCH3 is 1. The van der Waals surface area contributed by atoms with Gasteiger partial charge in [0.2, 0.25) is 0 Å². The first kappa shape index (κ1) is 16.2. The molecule has 1 aromatic rings. The summed E-state index contributed by atoms with van der Waals surface area (Å²) in [6.07, 6.45) is -7.17. The normalized spacial score (nSPS) is 16.2. The molecule has 0 saturated heterocycles. The predicted molar refractivity (Wildman–Crippen MR) is 61.4 cm³/mol. The minimum atomic E-state index is -5.63. The summed E-state index contributed by atoms with van der Waals surface area (Å²) in [4.78, 5) is 0. The molecule has 0 spiro atoms. The minimum Gasteiger partial charge on any atom is -0.374 e. The second-order valence-electron chi connectivity index (χ2n) is 4.29. The Morgan fingerprint density at radius 2 is 1.63 bits per heavy atom. The Morgan fingerprint density at radius 1 is 1.11 bits per heavy atom. The SMILES string of the molecule is COC(C)(CC(F)(F)C(F)(F)F)c1ccccc1Cl. The van der Waals surface area contributed by atoms with E-state index in [1.54, 1.807) is 6.07 Å². The van der Waals surface area contributed by atoms with Crippen LogP contribution in [0.1, 0.15) is 18.9 Å². The molecule has 108 valence electrons. The summed E-state index contributed by atoms with van der Waals surface area (Å²) in [7, 11) is 1.07. The fourth-order valence-electron chi connectivity index (χ4n) is 1.69. The third kappa shape index (κ3) is 3.36. The van der Waals surface area contributed by atoms with Gasteiger partial charge in [-0.05, 0) is 13.0 Å². The van der Waals surface area contributed by atoms with Crippen molar-refractivity contribution in [3.05, 3.63) is 34.9 Å². The molecule has 0 amide bonds. The summed E-state index contributed by atoms with van der Waals surface area (Å²) >= 11 is 5.82. The van der Waals surface area contributed by atoms with Gasteiger partial charge in [0, 0.05) is 17.7 Å². The third-order valence-electron chi connectivity index (χ3n) is 2.87. The van der Waals surface area contributed by atoms with Crippen molar-refractivity contribution in [2.45, 2.75) is 31.0 Å². The van der Waals surface area contributed by atoms with Crippen LogP contribution < -0.4 is 0 Å². The molecule has 0 N–H and O–H groups in total. The number of benzene rings is 1. The number of ether oxygens (including phenoxy) is 1. The van der Waals surface area contributed by atoms with E-state index in [0.29, 0.717) is 0 Å². The van der Waals surface area contributed by atoms with Crippen LogP contribution in [0.5, 0.6) is 0 Å². The van der Waals surface area contributed by atoms with Crippen molar-refractivity contribution in [3.8, 4) is 0 Å². The first-order valence-corrected chi connectivity index (χ1v) is 5.66. The first-order chi connectivity index (χ1) is 8.53. The highest BCUT2D eigenvalue weighted by Crippen LogP contribution is 2.46. The summed E-state index contributed by atoms with van der Waals surface area (Å²) < 4.78 is 68.1.